The van der Waals surface area contributed by atoms with Crippen LogP contribution in [0.4, 0.5) is 11.4 Å². The lowest BCUT2D eigenvalue weighted by Gasteiger charge is -2.30. The average molecular weight is 310 g/mol. The number of hydrogen-bond acceptors (Lipinski definition) is 3. The Bertz CT molecular complexity index is 626. The summed E-state index contributed by atoms with van der Waals surface area (Å²) in [5, 5.41) is 2.85. The number of rotatable bonds is 5. The first kappa shape index (κ1) is 15.8. The van der Waals surface area contributed by atoms with Crippen LogP contribution in [0.3, 0.4) is 0 Å². The zero-order valence-corrected chi connectivity index (χ0v) is 13.4. The Balaban J connectivity index is 2.26. The molecule has 21 heavy (non-hydrogen) atoms. The van der Waals surface area contributed by atoms with E-state index in [1.807, 2.05) is 13.0 Å². The predicted octanol–water partition coefficient (Wildman–Crippen LogP) is 2.53. The molecule has 1 aromatic rings. The van der Waals surface area contributed by atoms with Crippen molar-refractivity contribution in [1.82, 2.24) is 0 Å². The smallest absolute Gasteiger partial charge is 0.234 e. The Hall–Kier alpha value is -1.56. The van der Waals surface area contributed by atoms with Crippen molar-refractivity contribution in [1.29, 1.82) is 0 Å². The highest BCUT2D eigenvalue weighted by molar-refractivity contribution is 7.92. The summed E-state index contributed by atoms with van der Waals surface area (Å²) in [6, 6.07) is 5.46. The summed E-state index contributed by atoms with van der Waals surface area (Å²) in [4.78, 5) is 11.6. The molecule has 1 N–H and O–H groups in total. The lowest BCUT2D eigenvalue weighted by molar-refractivity contribution is -0.116. The first-order chi connectivity index (χ1) is 9.97. The van der Waals surface area contributed by atoms with Gasteiger partial charge in [0.15, 0.2) is 0 Å². The van der Waals surface area contributed by atoms with Gasteiger partial charge in [0, 0.05) is 18.7 Å². The second kappa shape index (κ2) is 6.47. The number of carbonyl (C=O) groups excluding carboxylic acids is 1. The van der Waals surface area contributed by atoms with Crippen molar-refractivity contribution in [3.8, 4) is 0 Å². The van der Waals surface area contributed by atoms with Gasteiger partial charge in [-0.25, -0.2) is 8.42 Å². The fraction of sp³-hybridized carbons (Fsp3) is 0.533. The third-order valence-electron chi connectivity index (χ3n) is 3.62. The SMILES string of the molecule is CCCC(=O)Nc1ccc2c(c1)CCCN2S(=O)(=O)CC. The minimum atomic E-state index is -3.23. The van der Waals surface area contributed by atoms with Gasteiger partial charge < -0.3 is 5.32 Å². The third-order valence-corrected chi connectivity index (χ3v) is 5.40. The number of sulfonamides is 1. The van der Waals surface area contributed by atoms with Crippen molar-refractivity contribution in [3.05, 3.63) is 23.8 Å². The summed E-state index contributed by atoms with van der Waals surface area (Å²) in [6.07, 6.45) is 2.94. The normalized spacial score (nSPS) is 14.7. The Morgan fingerprint density at radius 1 is 1.33 bits per heavy atom. The highest BCUT2D eigenvalue weighted by Gasteiger charge is 2.26. The molecule has 2 rings (SSSR count). The maximum atomic E-state index is 12.1. The van der Waals surface area contributed by atoms with Crippen LogP contribution >= 0.6 is 0 Å². The van der Waals surface area contributed by atoms with Crippen molar-refractivity contribution in [2.24, 2.45) is 0 Å². The molecule has 0 atom stereocenters. The molecule has 1 heterocycles. The van der Waals surface area contributed by atoms with E-state index < -0.39 is 10.0 Å². The summed E-state index contributed by atoms with van der Waals surface area (Å²) in [5.74, 6) is 0.0906. The minimum absolute atomic E-state index is 0.00806. The van der Waals surface area contributed by atoms with Gasteiger partial charge in [-0.2, -0.15) is 0 Å². The van der Waals surface area contributed by atoms with Crippen LogP contribution in [0.15, 0.2) is 18.2 Å². The fourth-order valence-corrected chi connectivity index (χ4v) is 3.73. The number of nitrogens with zero attached hydrogens (tertiary/aromatic N) is 1. The first-order valence-corrected chi connectivity index (χ1v) is 9.02. The largest absolute Gasteiger partial charge is 0.326 e. The zero-order chi connectivity index (χ0) is 15.5. The van der Waals surface area contributed by atoms with Crippen LogP contribution in [0, 0.1) is 0 Å². The van der Waals surface area contributed by atoms with Crippen LogP contribution in [0.2, 0.25) is 0 Å². The van der Waals surface area contributed by atoms with Crippen LogP contribution in [-0.2, 0) is 21.2 Å². The van der Waals surface area contributed by atoms with E-state index in [1.54, 1.807) is 19.1 Å². The molecular weight excluding hydrogens is 288 g/mol. The van der Waals surface area contributed by atoms with Gasteiger partial charge in [0.05, 0.1) is 11.4 Å². The molecule has 0 fully saturated rings. The number of hydrogen-bond donors (Lipinski definition) is 1. The molecule has 5 nitrogen and oxygen atoms in total. The lowest BCUT2D eigenvalue weighted by Crippen LogP contribution is -2.36. The Labute approximate surface area is 126 Å². The van der Waals surface area contributed by atoms with E-state index in [0.717, 1.165) is 36.2 Å². The van der Waals surface area contributed by atoms with Gasteiger partial charge in [-0.15, -0.1) is 0 Å². The molecule has 0 bridgehead atoms. The van der Waals surface area contributed by atoms with Crippen molar-refractivity contribution in [3.63, 3.8) is 0 Å². The summed E-state index contributed by atoms with van der Waals surface area (Å²) in [7, 11) is -3.23. The number of amides is 1. The number of anilines is 2. The minimum Gasteiger partial charge on any atom is -0.326 e. The van der Waals surface area contributed by atoms with Crippen molar-refractivity contribution in [2.75, 3.05) is 21.9 Å². The summed E-state index contributed by atoms with van der Waals surface area (Å²) in [6.45, 7) is 4.15. The van der Waals surface area contributed by atoms with Crippen LogP contribution in [-0.4, -0.2) is 26.6 Å². The maximum absolute atomic E-state index is 12.1. The van der Waals surface area contributed by atoms with E-state index in [0.29, 0.717) is 13.0 Å². The van der Waals surface area contributed by atoms with Crippen LogP contribution in [0.5, 0.6) is 0 Å². The number of fused-ring (bicyclic) bond motifs is 1. The molecule has 0 spiro atoms. The van der Waals surface area contributed by atoms with Gasteiger partial charge in [-0.05, 0) is 49.9 Å². The van der Waals surface area contributed by atoms with Gasteiger partial charge in [0.25, 0.3) is 0 Å². The Morgan fingerprint density at radius 3 is 2.76 bits per heavy atom. The second-order valence-corrected chi connectivity index (χ2v) is 7.40. The monoisotopic (exact) mass is 310 g/mol. The van der Waals surface area contributed by atoms with Gasteiger partial charge in [-0.1, -0.05) is 6.92 Å². The van der Waals surface area contributed by atoms with E-state index in [1.165, 1.54) is 4.31 Å². The summed E-state index contributed by atoms with van der Waals surface area (Å²) in [5.41, 5.74) is 2.46. The van der Waals surface area contributed by atoms with Crippen molar-refractivity contribution >= 4 is 27.3 Å². The molecular formula is C15H22N2O3S. The molecule has 0 aromatic heterocycles. The van der Waals surface area contributed by atoms with E-state index in [2.05, 4.69) is 5.32 Å². The molecule has 1 aliphatic heterocycles. The molecule has 0 saturated carbocycles. The fourth-order valence-electron chi connectivity index (χ4n) is 2.54. The number of nitrogens with one attached hydrogen (secondary N) is 1. The van der Waals surface area contributed by atoms with Gasteiger partial charge in [-0.3, -0.25) is 9.10 Å². The summed E-state index contributed by atoms with van der Waals surface area (Å²) < 4.78 is 25.7. The molecule has 0 radical (unpaired) electrons. The van der Waals surface area contributed by atoms with Gasteiger partial charge in [0.2, 0.25) is 15.9 Å². The van der Waals surface area contributed by atoms with E-state index in [9.17, 15) is 13.2 Å². The topological polar surface area (TPSA) is 66.5 Å². The van der Waals surface area contributed by atoms with Gasteiger partial charge >= 0.3 is 0 Å². The van der Waals surface area contributed by atoms with Crippen molar-refractivity contribution < 1.29 is 13.2 Å². The molecule has 0 aliphatic carbocycles. The molecule has 6 heteroatoms. The Kier molecular flexibility index (Phi) is 4.88. The van der Waals surface area contributed by atoms with Crippen LogP contribution < -0.4 is 9.62 Å². The number of carbonyl (C=O) groups is 1. The quantitative estimate of drug-likeness (QED) is 0.909. The number of benzene rings is 1. The van der Waals surface area contributed by atoms with Crippen molar-refractivity contribution in [2.45, 2.75) is 39.5 Å². The third kappa shape index (κ3) is 3.56. The van der Waals surface area contributed by atoms with E-state index in [4.69, 9.17) is 0 Å². The van der Waals surface area contributed by atoms with Crippen LogP contribution in [0.1, 0.15) is 38.7 Å². The maximum Gasteiger partial charge on any atom is 0.234 e. The second-order valence-electron chi connectivity index (χ2n) is 5.22. The average Bonchev–Trinajstić information content (AvgIpc) is 2.46. The predicted molar refractivity (Wildman–Crippen MR) is 85.1 cm³/mol. The number of aryl methyl sites for hydroxylation is 1. The van der Waals surface area contributed by atoms with Crippen LogP contribution in [0.25, 0.3) is 0 Å². The molecule has 1 amide bonds. The van der Waals surface area contributed by atoms with E-state index in [-0.39, 0.29) is 11.7 Å². The van der Waals surface area contributed by atoms with E-state index >= 15 is 0 Å². The molecule has 0 saturated heterocycles. The Morgan fingerprint density at radius 2 is 2.10 bits per heavy atom. The molecule has 116 valence electrons. The lowest BCUT2D eigenvalue weighted by atomic mass is 10.0. The molecule has 1 aliphatic rings. The highest BCUT2D eigenvalue weighted by atomic mass is 32.2. The van der Waals surface area contributed by atoms with Gasteiger partial charge in [0.1, 0.15) is 0 Å². The first-order valence-electron chi connectivity index (χ1n) is 7.41. The molecule has 1 aromatic carbocycles. The highest BCUT2D eigenvalue weighted by Crippen LogP contribution is 2.31. The zero-order valence-electron chi connectivity index (χ0n) is 12.6. The standard InChI is InChI=1S/C15H22N2O3S/c1-3-6-15(18)16-13-8-9-14-12(11-13)7-5-10-17(14)21(19,20)4-2/h8-9,11H,3-7,10H2,1-2H3,(H,16,18). The molecule has 0 unspecified atom stereocenters. The summed E-state index contributed by atoms with van der Waals surface area (Å²) >= 11 is 0.